The molecule has 0 bridgehead atoms. The van der Waals surface area contributed by atoms with Gasteiger partial charge >= 0.3 is 6.09 Å². The van der Waals surface area contributed by atoms with Gasteiger partial charge in [0.1, 0.15) is 5.82 Å². The van der Waals surface area contributed by atoms with Crippen molar-refractivity contribution < 1.29 is 14.3 Å². The first-order valence-electron chi connectivity index (χ1n) is 7.19. The molecule has 0 aromatic heterocycles. The highest BCUT2D eigenvalue weighted by molar-refractivity contribution is 5.67. The maximum absolute atomic E-state index is 13.6. The van der Waals surface area contributed by atoms with E-state index in [4.69, 9.17) is 0 Å². The number of hydrogen-bond acceptors (Lipinski definition) is 2. The summed E-state index contributed by atoms with van der Waals surface area (Å²) in [6, 6.07) is 4.44. The molecular weight excluding hydrogens is 271 g/mol. The third-order valence-corrected chi connectivity index (χ3v) is 4.03. The molecule has 1 aliphatic rings. The molecule has 2 rings (SSSR count). The quantitative estimate of drug-likeness (QED) is 0.880. The van der Waals surface area contributed by atoms with Crippen LogP contribution in [-0.4, -0.2) is 36.2 Å². The van der Waals surface area contributed by atoms with Crippen molar-refractivity contribution in [2.75, 3.05) is 20.1 Å². The van der Waals surface area contributed by atoms with E-state index in [1.54, 1.807) is 12.1 Å². The Labute approximate surface area is 125 Å². The lowest BCUT2D eigenvalue weighted by Gasteiger charge is -2.45. The third-order valence-electron chi connectivity index (χ3n) is 4.03. The number of fused-ring (bicyclic) bond motifs is 1. The van der Waals surface area contributed by atoms with Gasteiger partial charge in [-0.3, -0.25) is 0 Å². The van der Waals surface area contributed by atoms with Gasteiger partial charge in [-0.15, -0.1) is 0 Å². The van der Waals surface area contributed by atoms with Crippen molar-refractivity contribution >= 4 is 6.09 Å². The number of rotatable bonds is 2. The average molecular weight is 294 g/mol. The minimum Gasteiger partial charge on any atom is -0.465 e. The van der Waals surface area contributed by atoms with Crippen molar-refractivity contribution in [3.05, 3.63) is 35.1 Å². The highest BCUT2D eigenvalue weighted by Crippen LogP contribution is 2.45. The maximum Gasteiger partial charge on any atom is 0.407 e. The zero-order valence-corrected chi connectivity index (χ0v) is 13.0. The Morgan fingerprint density at radius 3 is 2.62 bits per heavy atom. The van der Waals surface area contributed by atoms with Gasteiger partial charge in [-0.25, -0.2) is 9.18 Å². The van der Waals surface area contributed by atoms with E-state index in [0.717, 1.165) is 11.1 Å². The van der Waals surface area contributed by atoms with Gasteiger partial charge in [0.15, 0.2) is 0 Å². The molecule has 1 aliphatic heterocycles. The smallest absolute Gasteiger partial charge is 0.407 e. The monoisotopic (exact) mass is 294 g/mol. The summed E-state index contributed by atoms with van der Waals surface area (Å²) in [5.74, 6) is -0.304. The van der Waals surface area contributed by atoms with E-state index in [2.05, 4.69) is 5.32 Å². The second-order valence-electron chi connectivity index (χ2n) is 6.73. The van der Waals surface area contributed by atoms with Crippen LogP contribution in [0.25, 0.3) is 0 Å². The molecule has 116 valence electrons. The van der Waals surface area contributed by atoms with Crippen molar-refractivity contribution in [2.45, 2.75) is 32.7 Å². The van der Waals surface area contributed by atoms with E-state index in [9.17, 15) is 14.3 Å². The van der Waals surface area contributed by atoms with Gasteiger partial charge in [-0.2, -0.15) is 0 Å². The van der Waals surface area contributed by atoms with Crippen LogP contribution in [-0.2, 0) is 0 Å². The minimum atomic E-state index is -0.925. The Morgan fingerprint density at radius 2 is 2.10 bits per heavy atom. The van der Waals surface area contributed by atoms with Crippen LogP contribution < -0.4 is 5.32 Å². The fourth-order valence-electron chi connectivity index (χ4n) is 3.30. The fourth-order valence-corrected chi connectivity index (χ4v) is 3.30. The summed E-state index contributed by atoms with van der Waals surface area (Å²) in [5, 5.41) is 12.6. The van der Waals surface area contributed by atoms with Gasteiger partial charge in [0, 0.05) is 19.0 Å². The molecule has 0 saturated carbocycles. The predicted molar refractivity (Wildman–Crippen MR) is 80.0 cm³/mol. The standard InChI is InChI=1S/C16H23FN2O2/c1-16(2,3)14-12-6-5-11(17)7-13(12)10(8-18-4)9-19(14)15(20)21/h5-7,10,14,18H,8-9H2,1-4H3,(H,20,21). The van der Waals surface area contributed by atoms with Gasteiger partial charge in [-0.05, 0) is 35.7 Å². The molecule has 0 saturated heterocycles. The molecule has 0 spiro atoms. The summed E-state index contributed by atoms with van der Waals surface area (Å²) in [4.78, 5) is 13.2. The fraction of sp³-hybridized carbons (Fsp3) is 0.562. The van der Waals surface area contributed by atoms with Crippen LogP contribution in [0, 0.1) is 11.2 Å². The maximum atomic E-state index is 13.6. The van der Waals surface area contributed by atoms with E-state index < -0.39 is 6.09 Å². The van der Waals surface area contributed by atoms with Crippen molar-refractivity contribution in [3.8, 4) is 0 Å². The first-order chi connectivity index (χ1) is 9.75. The van der Waals surface area contributed by atoms with Crippen LogP contribution in [0.15, 0.2) is 18.2 Å². The van der Waals surface area contributed by atoms with Gasteiger partial charge in [0.25, 0.3) is 0 Å². The molecule has 2 unspecified atom stereocenters. The predicted octanol–water partition coefficient (Wildman–Crippen LogP) is 3.21. The van der Waals surface area contributed by atoms with Gasteiger partial charge in [0.2, 0.25) is 0 Å². The Morgan fingerprint density at radius 1 is 1.43 bits per heavy atom. The lowest BCUT2D eigenvalue weighted by atomic mass is 9.74. The second kappa shape index (κ2) is 5.64. The molecular formula is C16H23FN2O2. The summed E-state index contributed by atoms with van der Waals surface area (Å²) in [7, 11) is 1.82. The topological polar surface area (TPSA) is 52.6 Å². The molecule has 4 nitrogen and oxygen atoms in total. The molecule has 1 aromatic carbocycles. The molecule has 0 radical (unpaired) electrons. The zero-order chi connectivity index (χ0) is 15.8. The number of carbonyl (C=O) groups is 1. The third kappa shape index (κ3) is 3.02. The number of nitrogens with zero attached hydrogens (tertiary/aromatic N) is 1. The number of likely N-dealkylation sites (N-methyl/N-ethyl adjacent to an activating group) is 1. The van der Waals surface area contributed by atoms with Crippen LogP contribution in [0.3, 0.4) is 0 Å². The molecule has 0 fully saturated rings. The number of halogens is 1. The van der Waals surface area contributed by atoms with Crippen molar-refractivity contribution in [3.63, 3.8) is 0 Å². The molecule has 5 heteroatoms. The molecule has 2 N–H and O–H groups in total. The molecule has 21 heavy (non-hydrogen) atoms. The number of amides is 1. The summed E-state index contributed by atoms with van der Waals surface area (Å²) in [5.41, 5.74) is 1.58. The SMILES string of the molecule is CNCC1CN(C(=O)O)C(C(C)(C)C)c2ccc(F)cc21. The van der Waals surface area contributed by atoms with E-state index in [1.807, 2.05) is 27.8 Å². The molecule has 1 aromatic rings. The van der Waals surface area contributed by atoms with Crippen molar-refractivity contribution in [1.82, 2.24) is 10.2 Å². The second-order valence-corrected chi connectivity index (χ2v) is 6.73. The van der Waals surface area contributed by atoms with Crippen LogP contribution in [0.4, 0.5) is 9.18 Å². The Bertz CT molecular complexity index is 540. The summed E-state index contributed by atoms with van der Waals surface area (Å²) in [6.07, 6.45) is -0.925. The summed E-state index contributed by atoms with van der Waals surface area (Å²) in [6.45, 7) is 7.04. The highest BCUT2D eigenvalue weighted by Gasteiger charge is 2.41. The van der Waals surface area contributed by atoms with Gasteiger partial charge in [-0.1, -0.05) is 26.8 Å². The van der Waals surface area contributed by atoms with E-state index in [0.29, 0.717) is 13.1 Å². The zero-order valence-electron chi connectivity index (χ0n) is 13.0. The lowest BCUT2D eigenvalue weighted by molar-refractivity contribution is 0.0689. The molecule has 1 amide bonds. The van der Waals surface area contributed by atoms with Crippen LogP contribution in [0.1, 0.15) is 43.9 Å². The van der Waals surface area contributed by atoms with Crippen LogP contribution in [0.2, 0.25) is 0 Å². The first-order valence-corrected chi connectivity index (χ1v) is 7.19. The van der Waals surface area contributed by atoms with E-state index >= 15 is 0 Å². The molecule has 1 heterocycles. The first kappa shape index (κ1) is 15.8. The lowest BCUT2D eigenvalue weighted by Crippen LogP contribution is -2.47. The molecule has 0 aliphatic carbocycles. The van der Waals surface area contributed by atoms with Gasteiger partial charge < -0.3 is 15.3 Å². The highest BCUT2D eigenvalue weighted by atomic mass is 19.1. The minimum absolute atomic E-state index is 0.0320. The largest absolute Gasteiger partial charge is 0.465 e. The number of hydrogen-bond donors (Lipinski definition) is 2. The van der Waals surface area contributed by atoms with E-state index in [-0.39, 0.29) is 23.2 Å². The van der Waals surface area contributed by atoms with Crippen molar-refractivity contribution in [1.29, 1.82) is 0 Å². The molecule has 2 atom stereocenters. The summed E-state index contributed by atoms with van der Waals surface area (Å²) >= 11 is 0. The Balaban J connectivity index is 2.58. The Kier molecular flexibility index (Phi) is 4.23. The number of nitrogens with one attached hydrogen (secondary N) is 1. The Hall–Kier alpha value is -1.62. The average Bonchev–Trinajstić information content (AvgIpc) is 2.37. The normalized spacial score (nSPS) is 22.0. The number of carboxylic acid groups (broad SMARTS) is 1. The van der Waals surface area contributed by atoms with Gasteiger partial charge in [0.05, 0.1) is 6.04 Å². The number of benzene rings is 1. The van der Waals surface area contributed by atoms with Crippen molar-refractivity contribution in [2.24, 2.45) is 5.41 Å². The van der Waals surface area contributed by atoms with Crippen LogP contribution >= 0.6 is 0 Å². The van der Waals surface area contributed by atoms with Crippen LogP contribution in [0.5, 0.6) is 0 Å². The summed E-state index contributed by atoms with van der Waals surface area (Å²) < 4.78 is 13.6. The van der Waals surface area contributed by atoms with E-state index in [1.165, 1.54) is 11.0 Å².